The number of alkyl carbamates (subject to hydrolysis) is 1. The van der Waals surface area contributed by atoms with Crippen molar-refractivity contribution < 1.29 is 38.4 Å². The van der Waals surface area contributed by atoms with Gasteiger partial charge in [-0.05, 0) is 41.5 Å². The highest BCUT2D eigenvalue weighted by molar-refractivity contribution is 5.68. The second kappa shape index (κ2) is 15.2. The largest absolute Gasteiger partial charge is 0.444 e. The van der Waals surface area contributed by atoms with Crippen LogP contribution in [0.4, 0.5) is 9.59 Å². The lowest BCUT2D eigenvalue weighted by Crippen LogP contribution is -2.40. The van der Waals surface area contributed by atoms with Gasteiger partial charge in [-0.1, -0.05) is 0 Å². The third-order valence-electron chi connectivity index (χ3n) is 3.19. The molecule has 178 valence electrons. The summed E-state index contributed by atoms with van der Waals surface area (Å²) in [5, 5.41) is 11.4. The van der Waals surface area contributed by atoms with Crippen molar-refractivity contribution in [2.45, 2.75) is 52.7 Å². The average molecular weight is 437 g/mol. The van der Waals surface area contributed by atoms with Crippen LogP contribution in [0.2, 0.25) is 0 Å². The Kier molecular flexibility index (Phi) is 14.4. The summed E-state index contributed by atoms with van der Waals surface area (Å²) >= 11 is 0. The van der Waals surface area contributed by atoms with E-state index in [2.05, 4.69) is 5.32 Å². The maximum absolute atomic E-state index is 12.3. The van der Waals surface area contributed by atoms with Gasteiger partial charge < -0.3 is 39.0 Å². The van der Waals surface area contributed by atoms with Gasteiger partial charge in [0.05, 0.1) is 46.2 Å². The van der Waals surface area contributed by atoms with Gasteiger partial charge in [0.15, 0.2) is 0 Å². The van der Waals surface area contributed by atoms with Crippen LogP contribution in [0.15, 0.2) is 0 Å². The van der Waals surface area contributed by atoms with Gasteiger partial charge >= 0.3 is 12.2 Å². The smallest absolute Gasteiger partial charge is 0.410 e. The Morgan fingerprint density at radius 2 is 1.27 bits per heavy atom. The minimum Gasteiger partial charge on any atom is -0.444 e. The van der Waals surface area contributed by atoms with Gasteiger partial charge in [-0.15, -0.1) is 0 Å². The summed E-state index contributed by atoms with van der Waals surface area (Å²) in [6, 6.07) is 0. The van der Waals surface area contributed by atoms with Gasteiger partial charge in [0.2, 0.25) is 0 Å². The maximum Gasteiger partial charge on any atom is 0.410 e. The van der Waals surface area contributed by atoms with Crippen molar-refractivity contribution in [1.29, 1.82) is 0 Å². The number of carbonyl (C=O) groups excluding carboxylic acids is 2. The highest BCUT2D eigenvalue weighted by atomic mass is 16.6. The zero-order chi connectivity index (χ0) is 23.0. The molecule has 2 N–H and O–H groups in total. The topological polar surface area (TPSA) is 116 Å². The molecule has 0 aliphatic heterocycles. The summed E-state index contributed by atoms with van der Waals surface area (Å²) < 4.78 is 26.6. The number of hydrogen-bond acceptors (Lipinski definition) is 8. The van der Waals surface area contributed by atoms with E-state index >= 15 is 0 Å². The number of nitrogens with one attached hydrogen (secondary N) is 1. The molecule has 0 aromatic heterocycles. The zero-order valence-electron chi connectivity index (χ0n) is 19.3. The Hall–Kier alpha value is -1.62. The normalized spacial score (nSPS) is 11.8. The van der Waals surface area contributed by atoms with Crippen molar-refractivity contribution in [2.24, 2.45) is 0 Å². The number of ether oxygens (including phenoxy) is 5. The van der Waals surface area contributed by atoms with E-state index in [4.69, 9.17) is 28.8 Å². The number of aliphatic hydroxyl groups is 1. The van der Waals surface area contributed by atoms with E-state index in [-0.39, 0.29) is 13.2 Å². The van der Waals surface area contributed by atoms with Crippen molar-refractivity contribution in [3.63, 3.8) is 0 Å². The van der Waals surface area contributed by atoms with Crippen LogP contribution in [0.1, 0.15) is 41.5 Å². The van der Waals surface area contributed by atoms with Crippen LogP contribution in [-0.2, 0) is 23.7 Å². The van der Waals surface area contributed by atoms with E-state index < -0.39 is 23.4 Å². The lowest BCUT2D eigenvalue weighted by molar-refractivity contribution is 0.00226. The summed E-state index contributed by atoms with van der Waals surface area (Å²) in [5.74, 6) is 0. The van der Waals surface area contributed by atoms with Gasteiger partial charge in [0.1, 0.15) is 11.2 Å². The van der Waals surface area contributed by atoms with Crippen LogP contribution in [-0.4, -0.2) is 99.3 Å². The fourth-order valence-electron chi connectivity index (χ4n) is 2.00. The molecular weight excluding hydrogens is 396 g/mol. The minimum atomic E-state index is -0.594. The molecule has 0 spiro atoms. The van der Waals surface area contributed by atoms with E-state index in [0.717, 1.165) is 0 Å². The SMILES string of the molecule is CC(C)(C)OC(=O)NCCOCCOCCN(CCOCCO)C(=O)OC(C)(C)C. The first-order chi connectivity index (χ1) is 13.9. The monoisotopic (exact) mass is 436 g/mol. The Morgan fingerprint density at radius 1 is 0.767 bits per heavy atom. The molecular formula is C20H40N2O8. The molecule has 0 saturated carbocycles. The van der Waals surface area contributed by atoms with Crippen LogP contribution < -0.4 is 5.32 Å². The molecule has 0 aliphatic carbocycles. The second-order valence-electron chi connectivity index (χ2n) is 8.46. The van der Waals surface area contributed by atoms with Crippen molar-refractivity contribution in [1.82, 2.24) is 10.2 Å². The minimum absolute atomic E-state index is 0.0666. The third kappa shape index (κ3) is 18.4. The van der Waals surface area contributed by atoms with Gasteiger partial charge in [-0.2, -0.15) is 0 Å². The molecule has 2 amide bonds. The highest BCUT2D eigenvalue weighted by Gasteiger charge is 2.21. The van der Waals surface area contributed by atoms with Crippen LogP contribution in [0.5, 0.6) is 0 Å². The van der Waals surface area contributed by atoms with Crippen molar-refractivity contribution >= 4 is 12.2 Å². The number of hydrogen-bond donors (Lipinski definition) is 2. The van der Waals surface area contributed by atoms with Crippen LogP contribution in [0.25, 0.3) is 0 Å². The molecule has 0 aromatic carbocycles. The summed E-state index contributed by atoms with van der Waals surface area (Å²) in [5.41, 5.74) is -1.12. The molecule has 0 heterocycles. The Labute approximate surface area is 180 Å². The van der Waals surface area contributed by atoms with E-state index in [9.17, 15) is 9.59 Å². The molecule has 30 heavy (non-hydrogen) atoms. The van der Waals surface area contributed by atoms with Crippen LogP contribution >= 0.6 is 0 Å². The quantitative estimate of drug-likeness (QED) is 0.396. The molecule has 0 bridgehead atoms. The van der Waals surface area contributed by atoms with Gasteiger partial charge in [-0.3, -0.25) is 0 Å². The lowest BCUT2D eigenvalue weighted by atomic mass is 10.2. The molecule has 0 atom stereocenters. The van der Waals surface area contributed by atoms with Gasteiger partial charge in [-0.25, -0.2) is 9.59 Å². The molecule has 0 radical (unpaired) electrons. The van der Waals surface area contributed by atoms with E-state index in [0.29, 0.717) is 52.7 Å². The number of rotatable bonds is 14. The van der Waals surface area contributed by atoms with Crippen LogP contribution in [0.3, 0.4) is 0 Å². The number of aliphatic hydroxyl groups excluding tert-OH is 1. The highest BCUT2D eigenvalue weighted by Crippen LogP contribution is 2.10. The molecule has 0 aliphatic rings. The van der Waals surface area contributed by atoms with E-state index in [1.54, 1.807) is 41.5 Å². The molecule has 0 fully saturated rings. The predicted molar refractivity (Wildman–Crippen MR) is 112 cm³/mol. The Balaban J connectivity index is 3.95. The zero-order valence-corrected chi connectivity index (χ0v) is 19.3. The molecule has 10 nitrogen and oxygen atoms in total. The van der Waals surface area contributed by atoms with E-state index in [1.165, 1.54) is 4.90 Å². The Bertz CT molecular complexity index is 474. The van der Waals surface area contributed by atoms with Crippen LogP contribution in [0, 0.1) is 0 Å². The fourth-order valence-corrected chi connectivity index (χ4v) is 2.00. The number of carbonyl (C=O) groups is 2. The summed E-state index contributed by atoms with van der Waals surface area (Å²) in [6.45, 7) is 13.7. The summed E-state index contributed by atoms with van der Waals surface area (Å²) in [6.07, 6.45) is -0.921. The number of amides is 2. The van der Waals surface area contributed by atoms with Crippen molar-refractivity contribution in [3.8, 4) is 0 Å². The summed E-state index contributed by atoms with van der Waals surface area (Å²) in [4.78, 5) is 25.3. The van der Waals surface area contributed by atoms with E-state index in [1.807, 2.05) is 0 Å². The molecule has 0 unspecified atom stereocenters. The standard InChI is InChI=1S/C20H40N2O8/c1-19(2,3)29-17(24)21-7-11-26-15-16-28-13-9-22(8-12-27-14-10-23)18(25)30-20(4,5)6/h23H,7-16H2,1-6H3,(H,21,24). The summed E-state index contributed by atoms with van der Waals surface area (Å²) in [7, 11) is 0. The Morgan fingerprint density at radius 3 is 1.77 bits per heavy atom. The third-order valence-corrected chi connectivity index (χ3v) is 3.19. The first-order valence-corrected chi connectivity index (χ1v) is 10.2. The molecule has 0 aromatic rings. The lowest BCUT2D eigenvalue weighted by Gasteiger charge is -2.27. The van der Waals surface area contributed by atoms with Crippen molar-refractivity contribution in [2.75, 3.05) is 65.9 Å². The molecule has 0 saturated heterocycles. The number of nitrogens with zero attached hydrogens (tertiary/aromatic N) is 1. The second-order valence-corrected chi connectivity index (χ2v) is 8.46. The van der Waals surface area contributed by atoms with Gasteiger partial charge in [0, 0.05) is 19.6 Å². The van der Waals surface area contributed by atoms with Crippen molar-refractivity contribution in [3.05, 3.63) is 0 Å². The first-order valence-electron chi connectivity index (χ1n) is 10.2. The fraction of sp³-hybridized carbons (Fsp3) is 0.900. The first kappa shape index (κ1) is 28.4. The maximum atomic E-state index is 12.3. The average Bonchev–Trinajstić information content (AvgIpc) is 2.58. The predicted octanol–water partition coefficient (Wildman–Crippen LogP) is 1.79. The molecule has 0 rings (SSSR count). The molecule has 10 heteroatoms. The van der Waals surface area contributed by atoms with Gasteiger partial charge in [0.25, 0.3) is 0 Å².